The van der Waals surface area contributed by atoms with Crippen LogP contribution in [-0.4, -0.2) is 25.3 Å². The van der Waals surface area contributed by atoms with Gasteiger partial charge >= 0.3 is 6.36 Å². The van der Waals surface area contributed by atoms with E-state index >= 15 is 0 Å². The summed E-state index contributed by atoms with van der Waals surface area (Å²) in [7, 11) is -3.75. The zero-order valence-corrected chi connectivity index (χ0v) is 19.5. The number of carbonyl (C=O) groups is 1. The van der Waals surface area contributed by atoms with Crippen LogP contribution < -0.4 is 10.1 Å². The third-order valence-corrected chi connectivity index (χ3v) is 7.00. The maximum absolute atomic E-state index is 13.2. The molecule has 0 unspecified atom stereocenters. The standard InChI is InChI=1S/C24H18ClF3N2O4S/c25-17-7-5-16(6-8-17)15-35(32,33)22-13-30(21-4-2-1-3-20(21)22)14-23(31)29-18-9-11-19(12-10-18)34-24(26,27)28/h1-13H,14-15H2,(H,29,31). The van der Waals surface area contributed by atoms with Crippen LogP contribution in [0.15, 0.2) is 83.9 Å². The first-order valence-corrected chi connectivity index (χ1v) is 12.2. The molecule has 1 heterocycles. The molecule has 0 spiro atoms. The highest BCUT2D eigenvalue weighted by atomic mass is 35.5. The van der Waals surface area contributed by atoms with Gasteiger partial charge in [0.2, 0.25) is 5.91 Å². The van der Waals surface area contributed by atoms with E-state index in [2.05, 4.69) is 10.1 Å². The summed E-state index contributed by atoms with van der Waals surface area (Å²) in [5.41, 5.74) is 1.38. The van der Waals surface area contributed by atoms with Gasteiger partial charge in [0.25, 0.3) is 0 Å². The number of anilines is 1. The van der Waals surface area contributed by atoms with E-state index in [1.165, 1.54) is 22.9 Å². The van der Waals surface area contributed by atoms with Gasteiger partial charge in [-0.2, -0.15) is 0 Å². The summed E-state index contributed by atoms with van der Waals surface area (Å²) >= 11 is 5.88. The number of ether oxygens (including phenoxy) is 1. The van der Waals surface area contributed by atoms with Crippen molar-refractivity contribution in [1.82, 2.24) is 4.57 Å². The average molecular weight is 523 g/mol. The van der Waals surface area contributed by atoms with Gasteiger partial charge in [-0.3, -0.25) is 4.79 Å². The highest BCUT2D eigenvalue weighted by molar-refractivity contribution is 7.90. The molecule has 1 amide bonds. The van der Waals surface area contributed by atoms with Gasteiger partial charge < -0.3 is 14.6 Å². The molecule has 6 nitrogen and oxygen atoms in total. The van der Waals surface area contributed by atoms with E-state index in [4.69, 9.17) is 11.6 Å². The van der Waals surface area contributed by atoms with E-state index in [0.717, 1.165) is 12.1 Å². The number of nitrogens with one attached hydrogen (secondary N) is 1. The molecule has 4 aromatic rings. The summed E-state index contributed by atoms with van der Waals surface area (Å²) in [5, 5.41) is 3.55. The normalized spacial score (nSPS) is 12.0. The lowest BCUT2D eigenvalue weighted by molar-refractivity contribution is -0.274. The molecule has 0 aliphatic heterocycles. The van der Waals surface area contributed by atoms with Gasteiger partial charge in [-0.25, -0.2) is 8.42 Å². The molecule has 0 aliphatic carbocycles. The zero-order valence-electron chi connectivity index (χ0n) is 17.9. The van der Waals surface area contributed by atoms with Crippen molar-refractivity contribution in [2.24, 2.45) is 0 Å². The molecule has 182 valence electrons. The van der Waals surface area contributed by atoms with Crippen LogP contribution in [0.4, 0.5) is 18.9 Å². The van der Waals surface area contributed by atoms with Crippen LogP contribution in [0.3, 0.4) is 0 Å². The van der Waals surface area contributed by atoms with E-state index in [0.29, 0.717) is 21.5 Å². The molecule has 4 rings (SSSR count). The van der Waals surface area contributed by atoms with E-state index < -0.39 is 27.9 Å². The van der Waals surface area contributed by atoms with E-state index in [-0.39, 0.29) is 22.9 Å². The number of rotatable bonds is 7. The number of benzene rings is 3. The predicted molar refractivity (Wildman–Crippen MR) is 126 cm³/mol. The molecule has 0 fully saturated rings. The molecule has 0 aliphatic rings. The molecule has 0 radical (unpaired) electrons. The van der Waals surface area contributed by atoms with Gasteiger partial charge in [0, 0.05) is 27.8 Å². The highest BCUT2D eigenvalue weighted by Gasteiger charge is 2.31. The largest absolute Gasteiger partial charge is 0.573 e. The van der Waals surface area contributed by atoms with Crippen molar-refractivity contribution in [3.05, 3.63) is 89.6 Å². The van der Waals surface area contributed by atoms with E-state index in [9.17, 15) is 26.4 Å². The lowest BCUT2D eigenvalue weighted by Crippen LogP contribution is -2.19. The third kappa shape index (κ3) is 6.14. The lowest BCUT2D eigenvalue weighted by Gasteiger charge is -2.10. The minimum Gasteiger partial charge on any atom is -0.406 e. The second kappa shape index (κ2) is 9.63. The number of alkyl halides is 3. The number of sulfone groups is 1. The SMILES string of the molecule is O=C(Cn1cc(S(=O)(=O)Cc2ccc(Cl)cc2)c2ccccc21)Nc1ccc(OC(F)(F)F)cc1. The van der Waals surface area contributed by atoms with Crippen LogP contribution in [0, 0.1) is 0 Å². The fourth-order valence-corrected chi connectivity index (χ4v) is 5.27. The fourth-order valence-electron chi connectivity index (χ4n) is 3.56. The Kier molecular flexibility index (Phi) is 6.77. The van der Waals surface area contributed by atoms with Gasteiger partial charge in [-0.15, -0.1) is 13.2 Å². The van der Waals surface area contributed by atoms with Crippen LogP contribution in [0.2, 0.25) is 5.02 Å². The molecule has 1 aromatic heterocycles. The molecule has 11 heteroatoms. The first-order valence-electron chi connectivity index (χ1n) is 10.2. The number of amides is 1. The van der Waals surface area contributed by atoms with Crippen LogP contribution in [-0.2, 0) is 26.9 Å². The van der Waals surface area contributed by atoms with Crippen molar-refractivity contribution in [2.45, 2.75) is 23.6 Å². The Hall–Kier alpha value is -3.50. The summed E-state index contributed by atoms with van der Waals surface area (Å²) < 4.78 is 68.6. The number of hydrogen-bond donors (Lipinski definition) is 1. The van der Waals surface area contributed by atoms with Crippen molar-refractivity contribution in [3.8, 4) is 5.75 Å². The molecular weight excluding hydrogens is 505 g/mol. The number of fused-ring (bicyclic) bond motifs is 1. The number of halogens is 4. The zero-order chi connectivity index (χ0) is 25.2. The molecule has 0 saturated heterocycles. The minimum atomic E-state index is -4.81. The second-order valence-corrected chi connectivity index (χ2v) is 10.0. The smallest absolute Gasteiger partial charge is 0.406 e. The third-order valence-electron chi connectivity index (χ3n) is 5.04. The molecule has 35 heavy (non-hydrogen) atoms. The topological polar surface area (TPSA) is 77.4 Å². The van der Waals surface area contributed by atoms with Gasteiger partial charge in [-0.1, -0.05) is 41.9 Å². The number of carbonyl (C=O) groups excluding carboxylic acids is 1. The van der Waals surface area contributed by atoms with Crippen molar-refractivity contribution in [3.63, 3.8) is 0 Å². The van der Waals surface area contributed by atoms with Crippen molar-refractivity contribution < 1.29 is 31.1 Å². The summed E-state index contributed by atoms with van der Waals surface area (Å²) in [4.78, 5) is 12.7. The van der Waals surface area contributed by atoms with Gasteiger partial charge in [-0.05, 0) is 48.0 Å². The van der Waals surface area contributed by atoms with Crippen molar-refractivity contribution in [2.75, 3.05) is 5.32 Å². The monoisotopic (exact) mass is 522 g/mol. The average Bonchev–Trinajstić information content (AvgIpc) is 3.15. The Bertz CT molecular complexity index is 1470. The van der Waals surface area contributed by atoms with E-state index in [1.807, 2.05) is 0 Å². The molecule has 0 bridgehead atoms. The van der Waals surface area contributed by atoms with Gasteiger partial charge in [0.15, 0.2) is 9.84 Å². The summed E-state index contributed by atoms with van der Waals surface area (Å²) in [6, 6.07) is 18.0. The summed E-state index contributed by atoms with van der Waals surface area (Å²) in [6.07, 6.45) is -3.40. The van der Waals surface area contributed by atoms with Crippen LogP contribution in [0.1, 0.15) is 5.56 Å². The maximum atomic E-state index is 13.2. The Morgan fingerprint density at radius 1 is 0.971 bits per heavy atom. The van der Waals surface area contributed by atoms with Crippen molar-refractivity contribution in [1.29, 1.82) is 0 Å². The molecule has 0 saturated carbocycles. The minimum absolute atomic E-state index is 0.0875. The molecular formula is C24H18ClF3N2O4S. The Morgan fingerprint density at radius 3 is 2.29 bits per heavy atom. The Morgan fingerprint density at radius 2 is 1.63 bits per heavy atom. The summed E-state index contributed by atoms with van der Waals surface area (Å²) in [5.74, 6) is -1.14. The number of para-hydroxylation sites is 1. The van der Waals surface area contributed by atoms with Crippen molar-refractivity contribution >= 4 is 43.9 Å². The Labute approximate surface area is 203 Å². The first kappa shape index (κ1) is 24.6. The Balaban J connectivity index is 1.54. The highest BCUT2D eigenvalue weighted by Crippen LogP contribution is 2.29. The molecule has 0 atom stereocenters. The number of aromatic nitrogens is 1. The lowest BCUT2D eigenvalue weighted by atomic mass is 10.2. The maximum Gasteiger partial charge on any atom is 0.573 e. The second-order valence-electron chi connectivity index (χ2n) is 7.64. The van der Waals surface area contributed by atoms with Crippen LogP contribution in [0.5, 0.6) is 5.75 Å². The molecule has 3 aromatic carbocycles. The van der Waals surface area contributed by atoms with Gasteiger partial charge in [0.05, 0.1) is 10.6 Å². The summed E-state index contributed by atoms with van der Waals surface area (Å²) in [6.45, 7) is -0.211. The fraction of sp³-hybridized carbons (Fsp3) is 0.125. The quantitative estimate of drug-likeness (QED) is 0.332. The van der Waals surface area contributed by atoms with Crippen LogP contribution in [0.25, 0.3) is 10.9 Å². The molecule has 1 N–H and O–H groups in total. The predicted octanol–water partition coefficient (Wildman–Crippen LogP) is 5.81. The first-order chi connectivity index (χ1) is 16.5. The van der Waals surface area contributed by atoms with Crippen LogP contribution >= 0.6 is 11.6 Å². The number of hydrogen-bond acceptors (Lipinski definition) is 4. The van der Waals surface area contributed by atoms with E-state index in [1.54, 1.807) is 48.5 Å². The number of nitrogens with zero attached hydrogens (tertiary/aromatic N) is 1. The van der Waals surface area contributed by atoms with Gasteiger partial charge in [0.1, 0.15) is 12.3 Å².